The fourth-order valence-electron chi connectivity index (χ4n) is 2.01. The van der Waals surface area contributed by atoms with Crippen LogP contribution in [0.25, 0.3) is 0 Å². The molecule has 0 spiro atoms. The lowest BCUT2D eigenvalue weighted by molar-refractivity contribution is 0.0618. The van der Waals surface area contributed by atoms with Crippen LogP contribution in [0, 0.1) is 0 Å². The fraction of sp³-hybridized carbons (Fsp3) is 0.727. The molecule has 1 fully saturated rings. The van der Waals surface area contributed by atoms with Gasteiger partial charge in [0.2, 0.25) is 0 Å². The summed E-state index contributed by atoms with van der Waals surface area (Å²) < 4.78 is 1.93. The zero-order chi connectivity index (χ0) is 10.9. The Balaban J connectivity index is 2.04. The second-order valence-corrected chi connectivity index (χ2v) is 4.75. The molecule has 15 heavy (non-hydrogen) atoms. The van der Waals surface area contributed by atoms with Crippen LogP contribution in [0.3, 0.4) is 0 Å². The zero-order valence-electron chi connectivity index (χ0n) is 9.40. The van der Waals surface area contributed by atoms with E-state index in [4.69, 9.17) is 0 Å². The molecule has 4 heteroatoms. The van der Waals surface area contributed by atoms with Gasteiger partial charge in [-0.3, -0.25) is 4.68 Å². The third-order valence-electron chi connectivity index (χ3n) is 2.94. The predicted molar refractivity (Wildman–Crippen MR) is 58.8 cm³/mol. The van der Waals surface area contributed by atoms with Crippen molar-refractivity contribution in [3.05, 3.63) is 18.0 Å². The molecule has 0 aliphatic carbocycles. The summed E-state index contributed by atoms with van der Waals surface area (Å²) in [5.74, 6) is 0. The first-order valence-corrected chi connectivity index (χ1v) is 5.55. The molecule has 1 unspecified atom stereocenters. The molecular formula is C11H19N3O. The lowest BCUT2D eigenvalue weighted by Crippen LogP contribution is -2.33. The van der Waals surface area contributed by atoms with Gasteiger partial charge in [0.25, 0.3) is 0 Å². The molecule has 1 aliphatic heterocycles. The quantitative estimate of drug-likeness (QED) is 0.771. The van der Waals surface area contributed by atoms with E-state index < -0.39 is 5.60 Å². The van der Waals surface area contributed by atoms with Gasteiger partial charge in [-0.05, 0) is 32.4 Å². The Hall–Kier alpha value is -0.870. The summed E-state index contributed by atoms with van der Waals surface area (Å²) in [4.78, 5) is 0. The molecule has 2 N–H and O–H groups in total. The monoisotopic (exact) mass is 209 g/mol. The summed E-state index contributed by atoms with van der Waals surface area (Å²) in [7, 11) is 0. The molecule has 2 rings (SSSR count). The average molecular weight is 209 g/mol. The molecule has 1 aromatic rings. The predicted octanol–water partition coefficient (Wildman–Crippen LogP) is 0.731. The first kappa shape index (κ1) is 10.6. The first-order chi connectivity index (χ1) is 7.09. The molecule has 84 valence electrons. The molecule has 0 aromatic carbocycles. The first-order valence-electron chi connectivity index (χ1n) is 5.55. The minimum Gasteiger partial charge on any atom is -0.388 e. The van der Waals surface area contributed by atoms with E-state index in [0.29, 0.717) is 19.0 Å². The van der Waals surface area contributed by atoms with Crippen molar-refractivity contribution in [3.8, 4) is 0 Å². The zero-order valence-corrected chi connectivity index (χ0v) is 9.40. The highest BCUT2D eigenvalue weighted by Gasteiger charge is 2.31. The molecule has 2 heterocycles. The SMILES string of the molecule is CC(C)n1cc(CC2(O)CCNC2)cn1. The van der Waals surface area contributed by atoms with Crippen molar-refractivity contribution in [3.63, 3.8) is 0 Å². The maximum atomic E-state index is 10.2. The van der Waals surface area contributed by atoms with Crippen molar-refractivity contribution < 1.29 is 5.11 Å². The molecule has 0 amide bonds. The Morgan fingerprint density at radius 3 is 3.00 bits per heavy atom. The number of nitrogens with one attached hydrogen (secondary N) is 1. The summed E-state index contributed by atoms with van der Waals surface area (Å²) in [5.41, 5.74) is 0.556. The van der Waals surface area contributed by atoms with Gasteiger partial charge in [-0.2, -0.15) is 5.10 Å². The number of hydrogen-bond acceptors (Lipinski definition) is 3. The highest BCUT2D eigenvalue weighted by atomic mass is 16.3. The van der Waals surface area contributed by atoms with Gasteiger partial charge in [0.05, 0.1) is 11.8 Å². The van der Waals surface area contributed by atoms with Gasteiger partial charge in [-0.15, -0.1) is 0 Å². The fourth-order valence-corrected chi connectivity index (χ4v) is 2.01. The van der Waals surface area contributed by atoms with Crippen molar-refractivity contribution in [2.24, 2.45) is 0 Å². The van der Waals surface area contributed by atoms with Crippen LogP contribution in [0.15, 0.2) is 12.4 Å². The third-order valence-corrected chi connectivity index (χ3v) is 2.94. The van der Waals surface area contributed by atoms with Gasteiger partial charge in [0.15, 0.2) is 0 Å². The van der Waals surface area contributed by atoms with Crippen LogP contribution in [-0.2, 0) is 6.42 Å². The van der Waals surface area contributed by atoms with Crippen molar-refractivity contribution >= 4 is 0 Å². The van der Waals surface area contributed by atoms with Gasteiger partial charge in [0.1, 0.15) is 0 Å². The number of hydrogen-bond donors (Lipinski definition) is 2. The molecule has 4 nitrogen and oxygen atoms in total. The summed E-state index contributed by atoms with van der Waals surface area (Å²) in [6.07, 6.45) is 5.42. The van der Waals surface area contributed by atoms with E-state index in [9.17, 15) is 5.11 Å². The highest BCUT2D eigenvalue weighted by molar-refractivity contribution is 5.10. The largest absolute Gasteiger partial charge is 0.388 e. The van der Waals surface area contributed by atoms with Crippen molar-refractivity contribution in [2.75, 3.05) is 13.1 Å². The molecule has 1 aliphatic rings. The van der Waals surface area contributed by atoms with E-state index in [1.165, 1.54) is 0 Å². The minimum atomic E-state index is -0.565. The van der Waals surface area contributed by atoms with E-state index in [1.807, 2.05) is 17.1 Å². The second-order valence-electron chi connectivity index (χ2n) is 4.75. The van der Waals surface area contributed by atoms with Crippen molar-refractivity contribution in [1.82, 2.24) is 15.1 Å². The van der Waals surface area contributed by atoms with Gasteiger partial charge < -0.3 is 10.4 Å². The molecule has 1 atom stereocenters. The molecule has 0 radical (unpaired) electrons. The Kier molecular flexibility index (Phi) is 2.80. The van der Waals surface area contributed by atoms with Crippen LogP contribution in [0.2, 0.25) is 0 Å². The van der Waals surface area contributed by atoms with E-state index >= 15 is 0 Å². The number of β-amino-alcohol motifs (C(OH)–C–C–N with tert-alkyl or cyclic N) is 1. The number of nitrogens with zero attached hydrogens (tertiary/aromatic N) is 2. The Labute approximate surface area is 90.3 Å². The van der Waals surface area contributed by atoms with Crippen LogP contribution >= 0.6 is 0 Å². The molecule has 0 saturated carbocycles. The van der Waals surface area contributed by atoms with Gasteiger partial charge in [-0.25, -0.2) is 0 Å². The Morgan fingerprint density at radius 2 is 2.47 bits per heavy atom. The van der Waals surface area contributed by atoms with Crippen molar-refractivity contribution in [2.45, 2.75) is 38.3 Å². The molecule has 1 aromatic heterocycles. The minimum absolute atomic E-state index is 0.384. The van der Waals surface area contributed by atoms with E-state index in [2.05, 4.69) is 24.3 Å². The lowest BCUT2D eigenvalue weighted by atomic mass is 9.96. The lowest BCUT2D eigenvalue weighted by Gasteiger charge is -2.19. The summed E-state index contributed by atoms with van der Waals surface area (Å²) >= 11 is 0. The normalized spacial score (nSPS) is 26.4. The number of aromatic nitrogens is 2. The number of rotatable bonds is 3. The smallest absolute Gasteiger partial charge is 0.0824 e. The van der Waals surface area contributed by atoms with Gasteiger partial charge >= 0.3 is 0 Å². The van der Waals surface area contributed by atoms with Crippen LogP contribution in [0.5, 0.6) is 0 Å². The molecule has 1 saturated heterocycles. The van der Waals surface area contributed by atoms with Gasteiger partial charge in [-0.1, -0.05) is 0 Å². The van der Waals surface area contributed by atoms with Crippen LogP contribution in [0.4, 0.5) is 0 Å². The van der Waals surface area contributed by atoms with Crippen LogP contribution in [0.1, 0.15) is 31.9 Å². The standard InChI is InChI=1S/C11H19N3O/c1-9(2)14-7-10(6-13-14)5-11(15)3-4-12-8-11/h6-7,9,12,15H,3-5,8H2,1-2H3. The number of aliphatic hydroxyl groups is 1. The Morgan fingerprint density at radius 1 is 1.67 bits per heavy atom. The molecule has 0 bridgehead atoms. The van der Waals surface area contributed by atoms with E-state index in [0.717, 1.165) is 18.5 Å². The van der Waals surface area contributed by atoms with Gasteiger partial charge in [0, 0.05) is 25.2 Å². The summed E-state index contributed by atoms with van der Waals surface area (Å²) in [6, 6.07) is 0.384. The highest BCUT2D eigenvalue weighted by Crippen LogP contribution is 2.20. The topological polar surface area (TPSA) is 50.1 Å². The Bertz CT molecular complexity index is 326. The summed E-state index contributed by atoms with van der Waals surface area (Å²) in [5, 5.41) is 17.7. The third kappa shape index (κ3) is 2.38. The van der Waals surface area contributed by atoms with Crippen molar-refractivity contribution in [1.29, 1.82) is 0 Å². The van der Waals surface area contributed by atoms with E-state index in [1.54, 1.807) is 0 Å². The maximum absolute atomic E-state index is 10.2. The molecular weight excluding hydrogens is 190 g/mol. The van der Waals surface area contributed by atoms with Crippen LogP contribution < -0.4 is 5.32 Å². The van der Waals surface area contributed by atoms with Crippen LogP contribution in [-0.4, -0.2) is 33.6 Å². The average Bonchev–Trinajstić information content (AvgIpc) is 2.75. The summed E-state index contributed by atoms with van der Waals surface area (Å²) in [6.45, 7) is 5.81. The van der Waals surface area contributed by atoms with E-state index in [-0.39, 0.29) is 0 Å². The second kappa shape index (κ2) is 3.94. The maximum Gasteiger partial charge on any atom is 0.0824 e.